The third-order valence-corrected chi connectivity index (χ3v) is 7.14. The summed E-state index contributed by atoms with van der Waals surface area (Å²) in [4.78, 5) is 30.0. The van der Waals surface area contributed by atoms with Crippen molar-refractivity contribution >= 4 is 44.7 Å². The van der Waals surface area contributed by atoms with E-state index in [4.69, 9.17) is 21.1 Å². The van der Waals surface area contributed by atoms with Crippen LogP contribution >= 0.6 is 22.9 Å². The molecule has 3 heterocycles. The van der Waals surface area contributed by atoms with E-state index in [2.05, 4.69) is 9.72 Å². The van der Waals surface area contributed by atoms with Gasteiger partial charge in [0.2, 0.25) is 0 Å². The highest BCUT2D eigenvalue weighted by Crippen LogP contribution is 2.32. The summed E-state index contributed by atoms with van der Waals surface area (Å²) in [5.41, 5.74) is 0.255. The number of esters is 1. The minimum atomic E-state index is -3.51. The van der Waals surface area contributed by atoms with Crippen molar-refractivity contribution in [3.63, 3.8) is 0 Å². The first-order chi connectivity index (χ1) is 14.2. The SMILES string of the molecule is COC(=O)c1cncc(OCC2CN(C(=O)c3scc(S(C)(=O)=O)c3Cl)CCO2)c1. The van der Waals surface area contributed by atoms with Crippen LogP contribution in [-0.2, 0) is 19.3 Å². The van der Waals surface area contributed by atoms with Crippen LogP contribution in [0.25, 0.3) is 0 Å². The van der Waals surface area contributed by atoms with Crippen LogP contribution in [-0.4, -0.2) is 76.0 Å². The molecule has 1 aliphatic rings. The maximum atomic E-state index is 12.8. The number of pyridine rings is 1. The predicted octanol–water partition coefficient (Wildman–Crippen LogP) is 1.91. The van der Waals surface area contributed by atoms with Gasteiger partial charge in [-0.25, -0.2) is 13.2 Å². The van der Waals surface area contributed by atoms with E-state index in [0.717, 1.165) is 17.6 Å². The summed E-state index contributed by atoms with van der Waals surface area (Å²) in [6.45, 7) is 1.01. The smallest absolute Gasteiger partial charge is 0.339 e. The zero-order valence-electron chi connectivity index (χ0n) is 16.2. The second-order valence-electron chi connectivity index (χ2n) is 6.47. The molecule has 0 aliphatic carbocycles. The van der Waals surface area contributed by atoms with Crippen LogP contribution < -0.4 is 4.74 Å². The largest absolute Gasteiger partial charge is 0.489 e. The number of ether oxygens (including phenoxy) is 3. The van der Waals surface area contributed by atoms with E-state index in [1.165, 1.54) is 30.9 Å². The highest BCUT2D eigenvalue weighted by atomic mass is 35.5. The molecule has 0 saturated carbocycles. The molecule has 1 saturated heterocycles. The van der Waals surface area contributed by atoms with Gasteiger partial charge in [-0.05, 0) is 6.07 Å². The second-order valence-corrected chi connectivity index (χ2v) is 9.71. The number of carbonyl (C=O) groups excluding carboxylic acids is 2. The number of morpholine rings is 1. The lowest BCUT2D eigenvalue weighted by Crippen LogP contribution is -2.47. The van der Waals surface area contributed by atoms with Gasteiger partial charge in [0.1, 0.15) is 23.3 Å². The molecule has 3 rings (SSSR count). The Balaban J connectivity index is 1.64. The molecule has 2 aromatic rings. The van der Waals surface area contributed by atoms with E-state index < -0.39 is 21.9 Å². The first-order valence-electron chi connectivity index (χ1n) is 8.74. The number of carbonyl (C=O) groups is 2. The molecule has 12 heteroatoms. The molecular weight excluding hydrogens is 456 g/mol. The quantitative estimate of drug-likeness (QED) is 0.583. The Morgan fingerprint density at radius 3 is 2.83 bits per heavy atom. The van der Waals surface area contributed by atoms with Gasteiger partial charge in [0.15, 0.2) is 9.84 Å². The minimum Gasteiger partial charge on any atom is -0.489 e. The van der Waals surface area contributed by atoms with E-state index in [0.29, 0.717) is 18.9 Å². The molecule has 1 atom stereocenters. The van der Waals surface area contributed by atoms with Crippen molar-refractivity contribution in [2.75, 3.05) is 39.7 Å². The molecule has 1 fully saturated rings. The number of methoxy groups -OCH3 is 1. The van der Waals surface area contributed by atoms with Crippen molar-refractivity contribution in [2.24, 2.45) is 0 Å². The maximum absolute atomic E-state index is 12.8. The van der Waals surface area contributed by atoms with Gasteiger partial charge in [0.05, 0.1) is 41.9 Å². The monoisotopic (exact) mass is 474 g/mol. The lowest BCUT2D eigenvalue weighted by atomic mass is 10.2. The highest BCUT2D eigenvalue weighted by Gasteiger charge is 2.30. The number of aromatic nitrogens is 1. The summed E-state index contributed by atoms with van der Waals surface area (Å²) in [5.74, 6) is -0.522. The first-order valence-corrected chi connectivity index (χ1v) is 11.9. The Morgan fingerprint density at radius 2 is 2.17 bits per heavy atom. The summed E-state index contributed by atoms with van der Waals surface area (Å²) < 4.78 is 39.4. The first kappa shape index (κ1) is 22.5. The fourth-order valence-electron chi connectivity index (χ4n) is 2.79. The molecule has 0 radical (unpaired) electrons. The van der Waals surface area contributed by atoms with Gasteiger partial charge < -0.3 is 19.1 Å². The fourth-order valence-corrected chi connectivity index (χ4v) is 5.66. The van der Waals surface area contributed by atoms with Gasteiger partial charge in [0, 0.05) is 24.4 Å². The van der Waals surface area contributed by atoms with Crippen molar-refractivity contribution in [3.05, 3.63) is 39.3 Å². The molecule has 162 valence electrons. The number of rotatable bonds is 6. The number of nitrogens with zero attached hydrogens (tertiary/aromatic N) is 2. The number of thiophene rings is 1. The van der Waals surface area contributed by atoms with Crippen LogP contribution in [0.2, 0.25) is 5.02 Å². The van der Waals surface area contributed by atoms with E-state index >= 15 is 0 Å². The van der Waals surface area contributed by atoms with E-state index in [1.54, 1.807) is 4.90 Å². The summed E-state index contributed by atoms with van der Waals surface area (Å²) in [7, 11) is -2.24. The molecule has 2 aromatic heterocycles. The molecular formula is C18H19ClN2O7S2. The molecule has 1 unspecified atom stereocenters. The normalized spacial score (nSPS) is 16.9. The number of sulfone groups is 1. The zero-order chi connectivity index (χ0) is 21.9. The van der Waals surface area contributed by atoms with Crippen LogP contribution in [0.4, 0.5) is 0 Å². The summed E-state index contributed by atoms with van der Waals surface area (Å²) in [6, 6.07) is 1.50. The zero-order valence-corrected chi connectivity index (χ0v) is 18.6. The summed E-state index contributed by atoms with van der Waals surface area (Å²) in [5, 5.41) is 1.31. The molecule has 0 N–H and O–H groups in total. The van der Waals surface area contributed by atoms with E-state index in [9.17, 15) is 18.0 Å². The van der Waals surface area contributed by atoms with Crippen molar-refractivity contribution in [3.8, 4) is 5.75 Å². The standard InChI is InChI=1S/C18H19ClN2O7S2/c1-26-18(23)11-5-12(7-20-6-11)28-9-13-8-21(3-4-27-13)17(22)16-15(19)14(10-29-16)30(2,24)25/h5-7,10,13H,3-4,8-9H2,1-2H3. The van der Waals surface area contributed by atoms with Crippen molar-refractivity contribution < 1.29 is 32.2 Å². The number of halogens is 1. The average Bonchev–Trinajstić information content (AvgIpc) is 3.13. The number of amides is 1. The molecule has 0 aromatic carbocycles. The number of hydrogen-bond donors (Lipinski definition) is 0. The Morgan fingerprint density at radius 1 is 1.40 bits per heavy atom. The lowest BCUT2D eigenvalue weighted by Gasteiger charge is -2.32. The Hall–Kier alpha value is -2.21. The van der Waals surface area contributed by atoms with Crippen LogP contribution in [0, 0.1) is 0 Å². The van der Waals surface area contributed by atoms with Gasteiger partial charge in [-0.1, -0.05) is 11.6 Å². The maximum Gasteiger partial charge on any atom is 0.339 e. The van der Waals surface area contributed by atoms with Crippen LogP contribution in [0.3, 0.4) is 0 Å². The van der Waals surface area contributed by atoms with Crippen molar-refractivity contribution in [1.29, 1.82) is 0 Å². The highest BCUT2D eigenvalue weighted by molar-refractivity contribution is 7.91. The Kier molecular flexibility index (Phi) is 6.96. The Labute approximate surface area is 182 Å². The van der Waals surface area contributed by atoms with Gasteiger partial charge in [-0.3, -0.25) is 9.78 Å². The van der Waals surface area contributed by atoms with E-state index in [1.807, 2.05) is 0 Å². The molecule has 1 aliphatic heterocycles. The molecule has 1 amide bonds. The lowest BCUT2D eigenvalue weighted by molar-refractivity contribution is -0.0400. The van der Waals surface area contributed by atoms with Crippen LogP contribution in [0.5, 0.6) is 5.75 Å². The number of hydrogen-bond acceptors (Lipinski definition) is 9. The van der Waals surface area contributed by atoms with Gasteiger partial charge in [-0.15, -0.1) is 11.3 Å². The predicted molar refractivity (Wildman–Crippen MR) is 109 cm³/mol. The molecule has 30 heavy (non-hydrogen) atoms. The summed E-state index contributed by atoms with van der Waals surface area (Å²) in [6.07, 6.45) is 3.45. The van der Waals surface area contributed by atoms with Crippen LogP contribution in [0.15, 0.2) is 28.7 Å². The van der Waals surface area contributed by atoms with Gasteiger partial charge in [0.25, 0.3) is 5.91 Å². The molecule has 9 nitrogen and oxygen atoms in total. The van der Waals surface area contributed by atoms with Gasteiger partial charge in [-0.2, -0.15) is 0 Å². The topological polar surface area (TPSA) is 112 Å². The third-order valence-electron chi connectivity index (χ3n) is 4.29. The van der Waals surface area contributed by atoms with Crippen molar-refractivity contribution in [1.82, 2.24) is 9.88 Å². The average molecular weight is 475 g/mol. The van der Waals surface area contributed by atoms with Crippen molar-refractivity contribution in [2.45, 2.75) is 11.0 Å². The van der Waals surface area contributed by atoms with Gasteiger partial charge >= 0.3 is 5.97 Å². The second kappa shape index (κ2) is 9.29. The molecule has 0 bridgehead atoms. The van der Waals surface area contributed by atoms with Crippen LogP contribution in [0.1, 0.15) is 20.0 Å². The molecule has 0 spiro atoms. The minimum absolute atomic E-state index is 0.0522. The van der Waals surface area contributed by atoms with E-state index in [-0.39, 0.29) is 39.4 Å². The third kappa shape index (κ3) is 5.09. The summed E-state index contributed by atoms with van der Waals surface area (Å²) >= 11 is 7.13. The fraction of sp³-hybridized carbons (Fsp3) is 0.389. The Bertz CT molecular complexity index is 1050.